The van der Waals surface area contributed by atoms with E-state index in [1.807, 2.05) is 27.7 Å². The first-order valence-corrected chi connectivity index (χ1v) is 8.42. The highest BCUT2D eigenvalue weighted by atomic mass is 32.2. The number of nitrogens with one attached hydrogen (secondary N) is 1. The topological polar surface area (TPSA) is 83.5 Å². The molecule has 0 heterocycles. The van der Waals surface area contributed by atoms with Crippen LogP contribution in [0, 0.1) is 0 Å². The molecular weight excluding hydrogens is 290 g/mol. The van der Waals surface area contributed by atoms with E-state index >= 15 is 0 Å². The quantitative estimate of drug-likeness (QED) is 0.845. The number of carbonyl (C=O) groups is 1. The minimum Gasteiger partial charge on any atom is -0.480 e. The summed E-state index contributed by atoms with van der Waals surface area (Å²) < 4.78 is 27.3. The van der Waals surface area contributed by atoms with Gasteiger partial charge in [0.2, 0.25) is 10.0 Å². The Morgan fingerprint density at radius 1 is 1.29 bits per heavy atom. The molecule has 0 fully saturated rings. The molecular formula is C15H23NO4S. The van der Waals surface area contributed by atoms with Crippen molar-refractivity contribution in [3.63, 3.8) is 0 Å². The van der Waals surface area contributed by atoms with Crippen LogP contribution >= 0.6 is 0 Å². The van der Waals surface area contributed by atoms with Crippen LogP contribution in [0.4, 0.5) is 0 Å². The average Bonchev–Trinajstić information content (AvgIpc) is 2.37. The third kappa shape index (κ3) is 4.54. The third-order valence-electron chi connectivity index (χ3n) is 3.16. The van der Waals surface area contributed by atoms with Gasteiger partial charge >= 0.3 is 5.97 Å². The summed E-state index contributed by atoms with van der Waals surface area (Å²) in [6, 6.07) is 5.57. The summed E-state index contributed by atoms with van der Waals surface area (Å²) in [6.45, 7) is 7.57. The van der Waals surface area contributed by atoms with Gasteiger partial charge in [0.05, 0.1) is 4.90 Å². The van der Waals surface area contributed by atoms with E-state index < -0.39 is 22.0 Å². The van der Waals surface area contributed by atoms with E-state index in [-0.39, 0.29) is 16.7 Å². The fourth-order valence-electron chi connectivity index (χ4n) is 2.09. The van der Waals surface area contributed by atoms with Crippen LogP contribution < -0.4 is 4.72 Å². The van der Waals surface area contributed by atoms with Gasteiger partial charge in [-0.15, -0.1) is 0 Å². The molecule has 1 aromatic rings. The minimum absolute atomic E-state index is 0.139. The van der Waals surface area contributed by atoms with Crippen LogP contribution in [0.1, 0.15) is 46.1 Å². The molecule has 1 atom stereocenters. The highest BCUT2D eigenvalue weighted by molar-refractivity contribution is 7.89. The standard InChI is InChI=1S/C15H23NO4S/c1-5-8-12(14(17)18)16-21(19,20)13-10-7-6-9-11(13)15(2,3)4/h6-7,9-10,12,16H,5,8H2,1-4H3,(H,17,18). The molecule has 0 bridgehead atoms. The fraction of sp³-hybridized carbons (Fsp3) is 0.533. The molecule has 2 N–H and O–H groups in total. The number of carboxylic acid groups (broad SMARTS) is 1. The van der Waals surface area contributed by atoms with E-state index in [2.05, 4.69) is 4.72 Å². The third-order valence-corrected chi connectivity index (χ3v) is 4.69. The number of carboxylic acids is 1. The first kappa shape index (κ1) is 17.7. The van der Waals surface area contributed by atoms with Gasteiger partial charge < -0.3 is 5.11 Å². The number of hydrogen-bond donors (Lipinski definition) is 2. The summed E-state index contributed by atoms with van der Waals surface area (Å²) >= 11 is 0. The highest BCUT2D eigenvalue weighted by Gasteiger charge is 2.29. The second-order valence-electron chi connectivity index (χ2n) is 6.05. The Hall–Kier alpha value is -1.40. The molecule has 0 aromatic heterocycles. The van der Waals surface area contributed by atoms with Crippen LogP contribution in [0.3, 0.4) is 0 Å². The van der Waals surface area contributed by atoms with Crippen molar-refractivity contribution in [3.8, 4) is 0 Å². The zero-order valence-corrected chi connectivity index (χ0v) is 13.7. The summed E-state index contributed by atoms with van der Waals surface area (Å²) in [5.74, 6) is -1.16. The number of rotatable bonds is 6. The lowest BCUT2D eigenvalue weighted by molar-refractivity contribution is -0.139. The first-order chi connectivity index (χ1) is 9.59. The average molecular weight is 313 g/mol. The monoisotopic (exact) mass is 313 g/mol. The molecule has 0 radical (unpaired) electrons. The molecule has 0 spiro atoms. The van der Waals surface area contributed by atoms with Crippen LogP contribution in [-0.2, 0) is 20.2 Å². The normalized spacial score (nSPS) is 13.9. The Labute approximate surface area is 126 Å². The maximum absolute atomic E-state index is 12.5. The number of hydrogen-bond acceptors (Lipinski definition) is 3. The van der Waals surface area contributed by atoms with Gasteiger partial charge in [0.25, 0.3) is 0 Å². The van der Waals surface area contributed by atoms with Crippen molar-refractivity contribution in [1.29, 1.82) is 0 Å². The molecule has 0 saturated heterocycles. The number of benzene rings is 1. The molecule has 6 heteroatoms. The molecule has 0 aliphatic heterocycles. The van der Waals surface area contributed by atoms with Crippen molar-refractivity contribution in [2.75, 3.05) is 0 Å². The smallest absolute Gasteiger partial charge is 0.321 e. The van der Waals surface area contributed by atoms with E-state index in [9.17, 15) is 13.2 Å². The van der Waals surface area contributed by atoms with Gasteiger partial charge in [-0.3, -0.25) is 4.79 Å². The molecule has 21 heavy (non-hydrogen) atoms. The van der Waals surface area contributed by atoms with Crippen LogP contribution in [-0.4, -0.2) is 25.5 Å². The fourth-order valence-corrected chi connectivity index (χ4v) is 3.73. The zero-order chi connectivity index (χ0) is 16.3. The molecule has 0 amide bonds. The van der Waals surface area contributed by atoms with Crippen LogP contribution in [0.15, 0.2) is 29.2 Å². The van der Waals surface area contributed by atoms with E-state index in [0.717, 1.165) is 0 Å². The van der Waals surface area contributed by atoms with E-state index in [1.165, 1.54) is 6.07 Å². The largest absolute Gasteiger partial charge is 0.480 e. The van der Waals surface area contributed by atoms with Crippen molar-refractivity contribution in [2.45, 2.75) is 56.9 Å². The second kappa shape index (κ2) is 6.58. The lowest BCUT2D eigenvalue weighted by Crippen LogP contribution is -2.41. The van der Waals surface area contributed by atoms with Gasteiger partial charge in [0, 0.05) is 0 Å². The Balaban J connectivity index is 3.23. The summed E-state index contributed by atoms with van der Waals surface area (Å²) in [5.41, 5.74) is 0.313. The van der Waals surface area contributed by atoms with Crippen LogP contribution in [0.25, 0.3) is 0 Å². The second-order valence-corrected chi connectivity index (χ2v) is 7.73. The Bertz CT molecular complexity index is 602. The molecule has 0 aliphatic rings. The first-order valence-electron chi connectivity index (χ1n) is 6.94. The minimum atomic E-state index is -3.87. The van der Waals surface area contributed by atoms with Crippen molar-refractivity contribution in [3.05, 3.63) is 29.8 Å². The molecule has 0 saturated carbocycles. The van der Waals surface area contributed by atoms with Crippen LogP contribution in [0.5, 0.6) is 0 Å². The van der Waals surface area contributed by atoms with E-state index in [4.69, 9.17) is 5.11 Å². The Morgan fingerprint density at radius 3 is 2.33 bits per heavy atom. The zero-order valence-electron chi connectivity index (χ0n) is 12.9. The summed E-state index contributed by atoms with van der Waals surface area (Å²) in [5, 5.41) is 9.12. The summed E-state index contributed by atoms with van der Waals surface area (Å²) in [6.07, 6.45) is 0.840. The van der Waals surface area contributed by atoms with Crippen molar-refractivity contribution >= 4 is 16.0 Å². The number of aliphatic carboxylic acids is 1. The van der Waals surface area contributed by atoms with Gasteiger partial charge in [0.15, 0.2) is 0 Å². The van der Waals surface area contributed by atoms with E-state index in [1.54, 1.807) is 18.2 Å². The van der Waals surface area contributed by atoms with Gasteiger partial charge in [-0.2, -0.15) is 4.72 Å². The SMILES string of the molecule is CCCC(NS(=O)(=O)c1ccccc1C(C)(C)C)C(=O)O. The predicted octanol–water partition coefficient (Wildman–Crippen LogP) is 2.52. The van der Waals surface area contributed by atoms with Gasteiger partial charge in [-0.05, 0) is 23.5 Å². The molecule has 0 aliphatic carbocycles. The molecule has 1 unspecified atom stereocenters. The predicted molar refractivity (Wildman–Crippen MR) is 81.8 cm³/mol. The van der Waals surface area contributed by atoms with Crippen molar-refractivity contribution in [1.82, 2.24) is 4.72 Å². The van der Waals surface area contributed by atoms with E-state index in [0.29, 0.717) is 12.0 Å². The lowest BCUT2D eigenvalue weighted by atomic mass is 9.87. The summed E-state index contributed by atoms with van der Waals surface area (Å²) in [4.78, 5) is 11.3. The Morgan fingerprint density at radius 2 is 1.86 bits per heavy atom. The van der Waals surface area contributed by atoms with Gasteiger partial charge in [-0.25, -0.2) is 8.42 Å². The molecule has 1 aromatic carbocycles. The van der Waals surface area contributed by atoms with Crippen molar-refractivity contribution < 1.29 is 18.3 Å². The van der Waals surface area contributed by atoms with Gasteiger partial charge in [-0.1, -0.05) is 52.3 Å². The summed E-state index contributed by atoms with van der Waals surface area (Å²) in [7, 11) is -3.87. The Kier molecular flexibility index (Phi) is 5.53. The molecule has 118 valence electrons. The lowest BCUT2D eigenvalue weighted by Gasteiger charge is -2.23. The van der Waals surface area contributed by atoms with Crippen molar-refractivity contribution in [2.24, 2.45) is 0 Å². The van der Waals surface area contributed by atoms with Crippen LogP contribution in [0.2, 0.25) is 0 Å². The maximum Gasteiger partial charge on any atom is 0.321 e. The number of sulfonamides is 1. The maximum atomic E-state index is 12.5. The van der Waals surface area contributed by atoms with Gasteiger partial charge in [0.1, 0.15) is 6.04 Å². The molecule has 1 rings (SSSR count). The highest BCUT2D eigenvalue weighted by Crippen LogP contribution is 2.28. The molecule has 5 nitrogen and oxygen atoms in total.